The van der Waals surface area contributed by atoms with Gasteiger partial charge in [0.1, 0.15) is 6.04 Å². The highest BCUT2D eigenvalue weighted by Gasteiger charge is 2.53. The van der Waals surface area contributed by atoms with Gasteiger partial charge in [-0.15, -0.1) is 5.10 Å². The van der Waals surface area contributed by atoms with Crippen molar-refractivity contribution >= 4 is 35.4 Å². The van der Waals surface area contributed by atoms with Gasteiger partial charge in [0.2, 0.25) is 11.8 Å². The summed E-state index contributed by atoms with van der Waals surface area (Å²) < 4.78 is 1.52. The number of rotatable bonds is 5. The minimum atomic E-state index is -0.657. The summed E-state index contributed by atoms with van der Waals surface area (Å²) in [4.78, 5) is 50.7. The average Bonchev–Trinajstić information content (AvgIpc) is 3.18. The second kappa shape index (κ2) is 8.47. The molecule has 35 heavy (non-hydrogen) atoms. The predicted octanol–water partition coefficient (Wildman–Crippen LogP) is 1.29. The smallest absolute Gasteiger partial charge is 0.273 e. The zero-order valence-corrected chi connectivity index (χ0v) is 20.0. The molecule has 11 heteroatoms. The molecule has 2 unspecified atom stereocenters. The number of thioether (sulfide) groups is 1. The Hall–Kier alpha value is -3.21. The minimum Gasteiger partial charge on any atom is -0.350 e. The predicted molar refractivity (Wildman–Crippen MR) is 127 cm³/mol. The molecule has 4 heterocycles. The van der Waals surface area contributed by atoms with E-state index in [0.717, 1.165) is 5.56 Å². The largest absolute Gasteiger partial charge is 0.350 e. The Morgan fingerprint density at radius 3 is 2.86 bits per heavy atom. The molecule has 4 aliphatic rings. The van der Waals surface area contributed by atoms with E-state index >= 15 is 0 Å². The number of hydrogen-bond donors (Lipinski definition) is 2. The van der Waals surface area contributed by atoms with Crippen molar-refractivity contribution in [3.63, 3.8) is 0 Å². The maximum atomic E-state index is 12.9. The second-order valence-electron chi connectivity index (χ2n) is 9.88. The summed E-state index contributed by atoms with van der Waals surface area (Å²) >= 11 is 2.02. The maximum absolute atomic E-state index is 12.9. The lowest BCUT2D eigenvalue weighted by atomic mass is 9.96. The lowest BCUT2D eigenvalue weighted by Crippen LogP contribution is -2.52. The van der Waals surface area contributed by atoms with Crippen molar-refractivity contribution in [1.82, 2.24) is 30.5 Å². The molecule has 182 valence electrons. The van der Waals surface area contributed by atoms with Gasteiger partial charge in [-0.2, -0.15) is 11.8 Å². The summed E-state index contributed by atoms with van der Waals surface area (Å²) in [6.45, 7) is 0.950. The Balaban J connectivity index is 1.11. The van der Waals surface area contributed by atoms with Gasteiger partial charge in [-0.25, -0.2) is 4.68 Å². The number of imide groups is 1. The molecule has 2 saturated heterocycles. The van der Waals surface area contributed by atoms with Crippen LogP contribution in [-0.2, 0) is 16.1 Å². The minimum absolute atomic E-state index is 0.215. The summed E-state index contributed by atoms with van der Waals surface area (Å²) in [7, 11) is 0. The van der Waals surface area contributed by atoms with Gasteiger partial charge in [0.15, 0.2) is 5.69 Å². The Morgan fingerprint density at radius 2 is 2.06 bits per heavy atom. The molecular weight excluding hydrogens is 468 g/mol. The molecule has 3 fully saturated rings. The number of amides is 4. The van der Waals surface area contributed by atoms with Crippen LogP contribution in [-0.4, -0.2) is 67.6 Å². The van der Waals surface area contributed by atoms with Crippen molar-refractivity contribution in [2.24, 2.45) is 11.3 Å². The molecule has 0 radical (unpaired) electrons. The topological polar surface area (TPSA) is 126 Å². The number of fused-ring (bicyclic) bond motifs is 1. The van der Waals surface area contributed by atoms with E-state index in [0.29, 0.717) is 35.5 Å². The van der Waals surface area contributed by atoms with E-state index < -0.39 is 11.9 Å². The molecule has 4 amide bonds. The molecule has 1 aromatic carbocycles. The number of benzene rings is 1. The molecular formula is C24H26N6O4S. The highest BCUT2D eigenvalue weighted by Crippen LogP contribution is 2.60. The SMILES string of the molecule is O=C1CCC(N2Cc3cc(-n4cc(C(=O)NCC5CC56CCSCC6)nn4)ccc3C2=O)C(=O)N1. The molecule has 1 aliphatic carbocycles. The van der Waals surface area contributed by atoms with Crippen LogP contribution < -0.4 is 10.6 Å². The van der Waals surface area contributed by atoms with Crippen LogP contribution in [0.15, 0.2) is 24.4 Å². The van der Waals surface area contributed by atoms with Crippen molar-refractivity contribution in [2.45, 2.75) is 44.7 Å². The van der Waals surface area contributed by atoms with Gasteiger partial charge in [0.05, 0.1) is 11.9 Å². The van der Waals surface area contributed by atoms with Gasteiger partial charge in [0, 0.05) is 25.1 Å². The summed E-state index contributed by atoms with van der Waals surface area (Å²) in [5.74, 6) is 1.79. The number of piperidine rings is 1. The maximum Gasteiger partial charge on any atom is 0.273 e. The van der Waals surface area contributed by atoms with Crippen LogP contribution in [0, 0.1) is 11.3 Å². The Morgan fingerprint density at radius 1 is 1.23 bits per heavy atom. The molecule has 1 saturated carbocycles. The fraction of sp³-hybridized carbons (Fsp3) is 0.500. The zero-order chi connectivity index (χ0) is 24.2. The first kappa shape index (κ1) is 22.3. The van der Waals surface area contributed by atoms with Crippen molar-refractivity contribution in [3.05, 3.63) is 41.2 Å². The van der Waals surface area contributed by atoms with Crippen molar-refractivity contribution in [3.8, 4) is 5.69 Å². The van der Waals surface area contributed by atoms with E-state index in [1.165, 1.54) is 40.3 Å². The lowest BCUT2D eigenvalue weighted by molar-refractivity contribution is -0.136. The first-order valence-electron chi connectivity index (χ1n) is 12.0. The molecule has 0 bridgehead atoms. The molecule has 2 aromatic rings. The standard InChI is InChI=1S/C24H26N6O4S/c31-20-4-3-19(22(33)26-20)29-12-14-9-16(1-2-17(14)23(29)34)30-13-18(27-28-30)21(32)25-11-15-10-24(15)5-7-35-8-6-24/h1-2,9,13,15,19H,3-8,10-12H2,(H,25,32)(H,26,31,33). The van der Waals surface area contributed by atoms with Gasteiger partial charge in [-0.3, -0.25) is 24.5 Å². The zero-order valence-electron chi connectivity index (χ0n) is 19.2. The van der Waals surface area contributed by atoms with Crippen molar-refractivity contribution < 1.29 is 19.2 Å². The molecule has 1 aromatic heterocycles. The van der Waals surface area contributed by atoms with Crippen LogP contribution in [0.25, 0.3) is 5.69 Å². The van der Waals surface area contributed by atoms with Crippen LogP contribution in [0.1, 0.15) is 58.5 Å². The number of aromatic nitrogens is 3. The van der Waals surface area contributed by atoms with E-state index in [9.17, 15) is 19.2 Å². The van der Waals surface area contributed by atoms with Gasteiger partial charge >= 0.3 is 0 Å². The van der Waals surface area contributed by atoms with Crippen LogP contribution in [0.4, 0.5) is 0 Å². The summed E-state index contributed by atoms with van der Waals surface area (Å²) in [6.07, 6.45) is 5.81. The van der Waals surface area contributed by atoms with E-state index in [1.54, 1.807) is 18.3 Å². The number of carbonyl (C=O) groups is 4. The fourth-order valence-corrected chi connectivity index (χ4v) is 6.92. The first-order valence-corrected chi connectivity index (χ1v) is 13.2. The van der Waals surface area contributed by atoms with Gasteiger partial charge in [0.25, 0.3) is 11.8 Å². The third-order valence-electron chi connectivity index (χ3n) is 7.85. The molecule has 1 spiro atoms. The van der Waals surface area contributed by atoms with Gasteiger partial charge < -0.3 is 10.2 Å². The summed E-state index contributed by atoms with van der Waals surface area (Å²) in [5, 5.41) is 13.5. The third-order valence-corrected chi connectivity index (χ3v) is 8.84. The normalized spacial score (nSPS) is 24.9. The molecule has 10 nitrogen and oxygen atoms in total. The number of nitrogens with one attached hydrogen (secondary N) is 2. The second-order valence-corrected chi connectivity index (χ2v) is 11.1. The van der Waals surface area contributed by atoms with Crippen LogP contribution in [0.3, 0.4) is 0 Å². The molecule has 3 aliphatic heterocycles. The van der Waals surface area contributed by atoms with E-state index in [-0.39, 0.29) is 36.4 Å². The van der Waals surface area contributed by atoms with Gasteiger partial charge in [-0.1, -0.05) is 5.21 Å². The molecule has 6 rings (SSSR count). The Kier molecular flexibility index (Phi) is 5.39. The quantitative estimate of drug-likeness (QED) is 0.600. The Bertz CT molecular complexity index is 1240. The van der Waals surface area contributed by atoms with Crippen LogP contribution in [0.2, 0.25) is 0 Å². The number of hydrogen-bond acceptors (Lipinski definition) is 7. The monoisotopic (exact) mass is 494 g/mol. The van der Waals surface area contributed by atoms with Gasteiger partial charge in [-0.05, 0) is 72.3 Å². The fourth-order valence-electron chi connectivity index (χ4n) is 5.61. The first-order chi connectivity index (χ1) is 16.9. The Labute approximate surface area is 206 Å². The average molecular weight is 495 g/mol. The molecule has 2 N–H and O–H groups in total. The third kappa shape index (κ3) is 4.01. The van der Waals surface area contributed by atoms with Crippen molar-refractivity contribution in [2.75, 3.05) is 18.1 Å². The van der Waals surface area contributed by atoms with E-state index in [1.807, 2.05) is 17.8 Å². The molecule has 2 atom stereocenters. The van der Waals surface area contributed by atoms with E-state index in [2.05, 4.69) is 20.9 Å². The lowest BCUT2D eigenvalue weighted by Gasteiger charge is -2.29. The highest BCUT2D eigenvalue weighted by atomic mass is 32.2. The summed E-state index contributed by atoms with van der Waals surface area (Å²) in [6, 6.07) is 4.62. The highest BCUT2D eigenvalue weighted by molar-refractivity contribution is 7.99. The van der Waals surface area contributed by atoms with E-state index in [4.69, 9.17) is 0 Å². The number of carbonyl (C=O) groups excluding carboxylic acids is 4. The summed E-state index contributed by atoms with van der Waals surface area (Å²) in [5.41, 5.74) is 2.66. The van der Waals surface area contributed by atoms with Crippen molar-refractivity contribution in [1.29, 1.82) is 0 Å². The van der Waals surface area contributed by atoms with Crippen LogP contribution >= 0.6 is 11.8 Å². The van der Waals surface area contributed by atoms with Crippen LogP contribution in [0.5, 0.6) is 0 Å². The number of nitrogens with zero attached hydrogens (tertiary/aromatic N) is 4.